The molecule has 1 saturated heterocycles. The Morgan fingerprint density at radius 3 is 2.56 bits per heavy atom. The van der Waals surface area contributed by atoms with Gasteiger partial charge >= 0.3 is 11.8 Å². The van der Waals surface area contributed by atoms with Crippen LogP contribution in [-0.2, 0) is 16.0 Å². The van der Waals surface area contributed by atoms with Crippen LogP contribution in [0, 0.1) is 18.7 Å². The third-order valence-corrected chi connectivity index (χ3v) is 7.48. The second kappa shape index (κ2) is 14.0. The second-order valence-electron chi connectivity index (χ2n) is 10.5. The minimum absolute atomic E-state index is 0.0571. The van der Waals surface area contributed by atoms with Crippen molar-refractivity contribution in [3.8, 4) is 23.0 Å². The van der Waals surface area contributed by atoms with Crippen molar-refractivity contribution in [3.05, 3.63) is 83.8 Å². The average Bonchev–Trinajstić information content (AvgIpc) is 3.02. The van der Waals surface area contributed by atoms with Gasteiger partial charge in [-0.2, -0.15) is 0 Å². The van der Waals surface area contributed by atoms with Crippen LogP contribution in [0.2, 0.25) is 0 Å². The molecule has 0 spiro atoms. The number of carbonyl (C=O) groups is 2. The molecular weight excluding hydrogens is 551 g/mol. The molecule has 43 heavy (non-hydrogen) atoms. The number of piperidine rings is 1. The molecule has 9 nitrogen and oxygen atoms in total. The Labute approximate surface area is 249 Å². The van der Waals surface area contributed by atoms with E-state index in [4.69, 9.17) is 14.2 Å². The number of hydrogen-bond donors (Lipinski definition) is 3. The van der Waals surface area contributed by atoms with Crippen LogP contribution in [-0.4, -0.2) is 50.1 Å². The lowest BCUT2D eigenvalue weighted by molar-refractivity contribution is -0.136. The number of methoxy groups -OCH3 is 1. The van der Waals surface area contributed by atoms with Crippen LogP contribution < -0.4 is 30.2 Å². The highest BCUT2D eigenvalue weighted by atomic mass is 19.1. The molecule has 10 heteroatoms. The topological polar surface area (TPSA) is 111 Å². The summed E-state index contributed by atoms with van der Waals surface area (Å²) in [4.78, 5) is 29.1. The third kappa shape index (κ3) is 7.58. The smallest absolute Gasteiger partial charge is 0.313 e. The Hall–Kier alpha value is -4.70. The number of hydrogen-bond acceptors (Lipinski definition) is 7. The van der Waals surface area contributed by atoms with Crippen molar-refractivity contribution >= 4 is 28.4 Å². The van der Waals surface area contributed by atoms with Gasteiger partial charge in [0.15, 0.2) is 23.1 Å². The van der Waals surface area contributed by atoms with Gasteiger partial charge in [-0.05, 0) is 80.6 Å². The Balaban J connectivity index is 1.22. The molecule has 0 bridgehead atoms. The lowest BCUT2D eigenvalue weighted by Crippen LogP contribution is -2.36. The van der Waals surface area contributed by atoms with Crippen molar-refractivity contribution in [2.45, 2.75) is 26.2 Å². The van der Waals surface area contributed by atoms with E-state index in [1.165, 1.54) is 12.1 Å². The first-order valence-corrected chi connectivity index (χ1v) is 14.3. The largest absolute Gasteiger partial charge is 0.493 e. The van der Waals surface area contributed by atoms with Gasteiger partial charge in [0, 0.05) is 35.9 Å². The number of amides is 2. The molecule has 0 unspecified atom stereocenters. The summed E-state index contributed by atoms with van der Waals surface area (Å²) in [5, 5.41) is 9.00. The van der Waals surface area contributed by atoms with E-state index < -0.39 is 17.6 Å². The highest BCUT2D eigenvalue weighted by Gasteiger charge is 2.18. The van der Waals surface area contributed by atoms with Gasteiger partial charge in [-0.3, -0.25) is 14.6 Å². The summed E-state index contributed by atoms with van der Waals surface area (Å²) < 4.78 is 32.7. The van der Waals surface area contributed by atoms with Gasteiger partial charge < -0.3 is 30.2 Å². The van der Waals surface area contributed by atoms with Gasteiger partial charge in [0.1, 0.15) is 5.75 Å². The molecule has 3 N–H and O–H groups in total. The van der Waals surface area contributed by atoms with E-state index >= 15 is 4.39 Å². The van der Waals surface area contributed by atoms with E-state index in [2.05, 4.69) is 20.9 Å². The molecule has 2 amide bonds. The number of nitrogens with one attached hydrogen (secondary N) is 3. The predicted octanol–water partition coefficient (Wildman–Crippen LogP) is 5.16. The number of nitrogens with zero attached hydrogens (tertiary/aromatic N) is 1. The number of halogens is 1. The first-order valence-electron chi connectivity index (χ1n) is 14.3. The van der Waals surface area contributed by atoms with Crippen molar-refractivity contribution < 1.29 is 28.2 Å². The second-order valence-corrected chi connectivity index (χ2v) is 10.5. The molecule has 0 radical (unpaired) electrons. The van der Waals surface area contributed by atoms with Crippen LogP contribution in [0.25, 0.3) is 10.9 Å². The lowest BCUT2D eigenvalue weighted by Gasteiger charge is -2.23. The minimum Gasteiger partial charge on any atom is -0.493 e. The van der Waals surface area contributed by atoms with Crippen LogP contribution in [0.5, 0.6) is 23.0 Å². The van der Waals surface area contributed by atoms with Gasteiger partial charge in [-0.1, -0.05) is 24.3 Å². The van der Waals surface area contributed by atoms with Crippen molar-refractivity contribution in [1.29, 1.82) is 0 Å². The SMILES string of the molecule is COc1cc2c(Oc3ccc(NC(=O)C(=O)NCCc4ccccc4C)cc3F)ccnc2cc1OCC1CCNCC1. The van der Waals surface area contributed by atoms with Crippen LogP contribution in [0.1, 0.15) is 24.0 Å². The van der Waals surface area contributed by atoms with Crippen LogP contribution in [0.3, 0.4) is 0 Å². The zero-order valence-corrected chi connectivity index (χ0v) is 24.2. The molecule has 1 aliphatic rings. The summed E-state index contributed by atoms with van der Waals surface area (Å²) in [6, 6.07) is 17.0. The molecule has 0 aliphatic carbocycles. The molecule has 1 aromatic heterocycles. The predicted molar refractivity (Wildman–Crippen MR) is 162 cm³/mol. The molecule has 1 aliphatic heterocycles. The molecule has 3 aromatic carbocycles. The zero-order chi connectivity index (χ0) is 30.2. The van der Waals surface area contributed by atoms with E-state index in [9.17, 15) is 9.59 Å². The molecule has 5 rings (SSSR count). The van der Waals surface area contributed by atoms with Gasteiger partial charge in [0.2, 0.25) is 0 Å². The Kier molecular flexibility index (Phi) is 9.68. The molecular formula is C33H35FN4O5. The molecule has 0 saturated carbocycles. The zero-order valence-electron chi connectivity index (χ0n) is 24.2. The van der Waals surface area contributed by atoms with E-state index in [0.29, 0.717) is 53.6 Å². The quantitative estimate of drug-likeness (QED) is 0.220. The van der Waals surface area contributed by atoms with Gasteiger partial charge in [0.25, 0.3) is 0 Å². The van der Waals surface area contributed by atoms with Crippen LogP contribution >= 0.6 is 0 Å². The standard InChI is InChI=1S/C33H35FN4O5/c1-21-5-3-4-6-23(21)11-15-37-32(39)33(40)38-24-7-8-29(26(34)17-24)43-28-12-16-36-27-19-31(30(41-2)18-25(27)28)42-20-22-9-13-35-14-10-22/h3-8,12,16-19,22,35H,9-11,13-15,20H2,1-2H3,(H,37,39)(H,38,40). The Bertz CT molecular complexity index is 1610. The lowest BCUT2D eigenvalue weighted by atomic mass is 9.99. The van der Waals surface area contributed by atoms with Crippen LogP contribution in [0.4, 0.5) is 10.1 Å². The summed E-state index contributed by atoms with van der Waals surface area (Å²) in [6.45, 7) is 4.85. The van der Waals surface area contributed by atoms with Crippen LogP contribution in [0.15, 0.2) is 66.9 Å². The fourth-order valence-electron chi connectivity index (χ4n) is 5.00. The number of fused-ring (bicyclic) bond motifs is 1. The summed E-state index contributed by atoms with van der Waals surface area (Å²) in [5.74, 6) is -0.502. The molecule has 0 atom stereocenters. The first kappa shape index (κ1) is 29.8. The summed E-state index contributed by atoms with van der Waals surface area (Å²) >= 11 is 0. The number of rotatable bonds is 10. The number of pyridine rings is 1. The third-order valence-electron chi connectivity index (χ3n) is 7.48. The van der Waals surface area contributed by atoms with Crippen molar-refractivity contribution in [2.75, 3.05) is 38.7 Å². The Morgan fingerprint density at radius 1 is 0.977 bits per heavy atom. The number of benzene rings is 3. The average molecular weight is 587 g/mol. The minimum atomic E-state index is -0.886. The summed E-state index contributed by atoms with van der Waals surface area (Å²) in [5.41, 5.74) is 2.93. The molecule has 1 fully saturated rings. The van der Waals surface area contributed by atoms with Crippen molar-refractivity contribution in [2.24, 2.45) is 5.92 Å². The first-order chi connectivity index (χ1) is 20.9. The van der Waals surface area contributed by atoms with E-state index in [0.717, 1.165) is 43.1 Å². The Morgan fingerprint density at radius 2 is 1.79 bits per heavy atom. The number of aryl methyl sites for hydroxylation is 1. The maximum atomic E-state index is 15.1. The van der Waals surface area contributed by atoms with E-state index in [1.54, 1.807) is 31.5 Å². The van der Waals surface area contributed by atoms with E-state index in [-0.39, 0.29) is 11.4 Å². The number of anilines is 1. The normalized spacial score (nSPS) is 13.4. The van der Waals surface area contributed by atoms with Gasteiger partial charge in [0.05, 0.1) is 19.2 Å². The number of aromatic nitrogens is 1. The number of carbonyl (C=O) groups excluding carboxylic acids is 2. The van der Waals surface area contributed by atoms with E-state index in [1.807, 2.05) is 31.2 Å². The monoisotopic (exact) mass is 586 g/mol. The molecule has 4 aromatic rings. The highest BCUT2D eigenvalue weighted by molar-refractivity contribution is 6.39. The van der Waals surface area contributed by atoms with Gasteiger partial charge in [-0.25, -0.2) is 4.39 Å². The summed E-state index contributed by atoms with van der Waals surface area (Å²) in [7, 11) is 1.56. The molecule has 2 heterocycles. The maximum Gasteiger partial charge on any atom is 0.313 e. The number of ether oxygens (including phenoxy) is 3. The summed E-state index contributed by atoms with van der Waals surface area (Å²) in [6.07, 6.45) is 4.28. The fourth-order valence-corrected chi connectivity index (χ4v) is 5.00. The van der Waals surface area contributed by atoms with Crippen molar-refractivity contribution in [3.63, 3.8) is 0 Å². The highest BCUT2D eigenvalue weighted by Crippen LogP contribution is 2.38. The van der Waals surface area contributed by atoms with Crippen molar-refractivity contribution in [1.82, 2.24) is 15.6 Å². The van der Waals surface area contributed by atoms with Gasteiger partial charge in [-0.15, -0.1) is 0 Å². The molecule has 224 valence electrons. The maximum absolute atomic E-state index is 15.1. The fraction of sp³-hybridized carbons (Fsp3) is 0.303.